The van der Waals surface area contributed by atoms with E-state index in [1.54, 1.807) is 28.9 Å². The fourth-order valence-corrected chi connectivity index (χ4v) is 1.83. The van der Waals surface area contributed by atoms with Crippen molar-refractivity contribution in [2.24, 2.45) is 0 Å². The molecule has 0 fully saturated rings. The van der Waals surface area contributed by atoms with Gasteiger partial charge in [0.05, 0.1) is 40.9 Å². The Morgan fingerprint density at radius 3 is 2.79 bits per heavy atom. The summed E-state index contributed by atoms with van der Waals surface area (Å²) in [5.41, 5.74) is 0.390. The van der Waals surface area contributed by atoms with Crippen molar-refractivity contribution in [1.82, 2.24) is 7.99 Å². The van der Waals surface area contributed by atoms with Gasteiger partial charge >= 0.3 is 0 Å². The number of rotatable bonds is 1. The van der Waals surface area contributed by atoms with E-state index < -0.39 is 11.8 Å². The minimum atomic E-state index is -0.828. The topological polar surface area (TPSA) is 27.1 Å². The van der Waals surface area contributed by atoms with Crippen LogP contribution >= 0.6 is 22.9 Å². The predicted molar refractivity (Wildman–Crippen MR) is 55.6 cm³/mol. The van der Waals surface area contributed by atoms with Crippen molar-refractivity contribution >= 4 is 33.8 Å². The van der Waals surface area contributed by atoms with E-state index in [0.29, 0.717) is 5.52 Å². The molecule has 1 aromatic carbocycles. The molecule has 0 saturated carbocycles. The number of ether oxygens (including phenoxy) is 1. The van der Waals surface area contributed by atoms with E-state index in [0.717, 1.165) is 0 Å². The summed E-state index contributed by atoms with van der Waals surface area (Å²) in [6, 6.07) is 2.99. The molecule has 0 amide bonds. The summed E-state index contributed by atoms with van der Waals surface area (Å²) in [6.45, 7) is 0. The van der Waals surface area contributed by atoms with E-state index in [1.807, 2.05) is 0 Å². The van der Waals surface area contributed by atoms with Crippen LogP contribution in [-0.4, -0.2) is 15.1 Å². The van der Waals surface area contributed by atoms with E-state index >= 15 is 0 Å². The highest BCUT2D eigenvalue weighted by Gasteiger charge is 2.16. The molecule has 3 nitrogen and oxygen atoms in total. The third kappa shape index (κ3) is 1.24. The van der Waals surface area contributed by atoms with E-state index in [2.05, 4.69) is 5.10 Å². The van der Waals surface area contributed by atoms with Gasteiger partial charge in [0.2, 0.25) is 5.95 Å². The zero-order chi connectivity index (χ0) is 10.3. The first-order valence-corrected chi connectivity index (χ1v) is 4.68. The van der Waals surface area contributed by atoms with Crippen LogP contribution in [0, 0.1) is 11.8 Å². The summed E-state index contributed by atoms with van der Waals surface area (Å²) in [5, 5.41) is 3.33. The molecule has 0 radical (unpaired) electrons. The van der Waals surface area contributed by atoms with Gasteiger partial charge in [-0.2, -0.15) is 4.39 Å². The Morgan fingerprint density at radius 2 is 2.14 bits per heavy atom. The van der Waals surface area contributed by atoms with Gasteiger partial charge in [-0.15, -0.1) is 5.10 Å². The van der Waals surface area contributed by atoms with Gasteiger partial charge in [-0.1, -0.05) is 0 Å². The van der Waals surface area contributed by atoms with Gasteiger partial charge in [-0.05, 0) is 12.1 Å². The van der Waals surface area contributed by atoms with Gasteiger partial charge in [0, 0.05) is 0 Å². The van der Waals surface area contributed by atoms with Crippen molar-refractivity contribution in [2.75, 3.05) is 7.11 Å². The average Bonchev–Trinajstić information content (AvgIpc) is 2.44. The third-order valence-corrected chi connectivity index (χ3v) is 2.62. The lowest BCUT2D eigenvalue weighted by Gasteiger charge is -2.01. The molecule has 0 saturated heterocycles. The number of hydrogen-bond acceptors (Lipinski definition) is 2. The number of methoxy groups -OCH3 is 1. The SMILES string of the molecule is COc1ccc2c(c(F)nn2I)c1F. The van der Waals surface area contributed by atoms with Gasteiger partial charge < -0.3 is 4.74 Å². The fourth-order valence-electron chi connectivity index (χ4n) is 1.24. The average molecular weight is 310 g/mol. The highest BCUT2D eigenvalue weighted by atomic mass is 127. The minimum absolute atomic E-state index is 0.0146. The molecule has 0 spiro atoms. The molecule has 0 bridgehead atoms. The van der Waals surface area contributed by atoms with Crippen LogP contribution in [0.3, 0.4) is 0 Å². The van der Waals surface area contributed by atoms with E-state index in [-0.39, 0.29) is 11.1 Å². The Labute approximate surface area is 92.1 Å². The van der Waals surface area contributed by atoms with Gasteiger partial charge in [-0.3, -0.25) is 0 Å². The third-order valence-electron chi connectivity index (χ3n) is 1.89. The summed E-state index contributed by atoms with van der Waals surface area (Å²) >= 11 is 1.78. The summed E-state index contributed by atoms with van der Waals surface area (Å²) in [6.07, 6.45) is 0. The van der Waals surface area contributed by atoms with Crippen molar-refractivity contribution in [1.29, 1.82) is 0 Å². The first-order valence-electron chi connectivity index (χ1n) is 3.72. The Bertz CT molecular complexity index is 498. The molecule has 74 valence electrons. The molecule has 2 rings (SSSR count). The van der Waals surface area contributed by atoms with Crippen LogP contribution in [0.5, 0.6) is 5.75 Å². The Morgan fingerprint density at radius 1 is 1.43 bits per heavy atom. The lowest BCUT2D eigenvalue weighted by atomic mass is 10.2. The second-order valence-corrected chi connectivity index (χ2v) is 3.54. The van der Waals surface area contributed by atoms with Crippen LogP contribution in [0.4, 0.5) is 8.78 Å². The van der Waals surface area contributed by atoms with Gasteiger partial charge in [0.25, 0.3) is 0 Å². The number of benzene rings is 1. The van der Waals surface area contributed by atoms with Crippen molar-refractivity contribution in [3.8, 4) is 5.75 Å². The monoisotopic (exact) mass is 310 g/mol. The first kappa shape index (κ1) is 9.63. The molecule has 0 aliphatic rings. The van der Waals surface area contributed by atoms with E-state index in [4.69, 9.17) is 4.74 Å². The smallest absolute Gasteiger partial charge is 0.244 e. The summed E-state index contributed by atoms with van der Waals surface area (Å²) < 4.78 is 32.7. The molecule has 0 N–H and O–H groups in total. The molecule has 0 aliphatic carbocycles. The fraction of sp³-hybridized carbons (Fsp3) is 0.125. The normalized spacial score (nSPS) is 10.9. The van der Waals surface area contributed by atoms with Gasteiger partial charge in [-0.25, -0.2) is 7.29 Å². The molecular formula is C8H5F2IN2O. The Kier molecular flexibility index (Phi) is 2.30. The van der Waals surface area contributed by atoms with E-state index in [1.165, 1.54) is 16.1 Å². The largest absolute Gasteiger partial charge is 0.494 e. The molecular weight excluding hydrogens is 305 g/mol. The predicted octanol–water partition coefficient (Wildman–Crippen LogP) is 2.52. The zero-order valence-corrected chi connectivity index (χ0v) is 9.25. The van der Waals surface area contributed by atoms with Crippen LogP contribution in [-0.2, 0) is 0 Å². The molecule has 14 heavy (non-hydrogen) atoms. The summed E-state index contributed by atoms with van der Waals surface area (Å²) in [5.74, 6) is -1.53. The Hall–Kier alpha value is -0.920. The highest BCUT2D eigenvalue weighted by molar-refractivity contribution is 14.1. The number of hydrogen-bond donors (Lipinski definition) is 0. The lowest BCUT2D eigenvalue weighted by Crippen LogP contribution is -1.89. The van der Waals surface area contributed by atoms with Crippen LogP contribution in [0.2, 0.25) is 0 Å². The number of halogens is 3. The van der Waals surface area contributed by atoms with Gasteiger partial charge in [0.15, 0.2) is 11.6 Å². The second-order valence-electron chi connectivity index (χ2n) is 2.63. The van der Waals surface area contributed by atoms with Gasteiger partial charge in [0.1, 0.15) is 0 Å². The lowest BCUT2D eigenvalue weighted by molar-refractivity contribution is 0.388. The highest BCUT2D eigenvalue weighted by Crippen LogP contribution is 2.28. The van der Waals surface area contributed by atoms with Crippen LogP contribution < -0.4 is 4.74 Å². The van der Waals surface area contributed by atoms with E-state index in [9.17, 15) is 8.78 Å². The van der Waals surface area contributed by atoms with Crippen LogP contribution in [0.25, 0.3) is 10.9 Å². The molecule has 0 aliphatic heterocycles. The van der Waals surface area contributed by atoms with Crippen molar-refractivity contribution < 1.29 is 13.5 Å². The maximum absolute atomic E-state index is 13.5. The standard InChI is InChI=1S/C8H5F2IN2O/c1-14-5-3-2-4-6(7(5)9)8(10)12-13(4)11/h2-3H,1H3. The summed E-state index contributed by atoms with van der Waals surface area (Å²) in [4.78, 5) is 0. The van der Waals surface area contributed by atoms with Crippen molar-refractivity contribution in [2.45, 2.75) is 0 Å². The minimum Gasteiger partial charge on any atom is -0.494 e. The van der Waals surface area contributed by atoms with Crippen molar-refractivity contribution in [3.63, 3.8) is 0 Å². The second kappa shape index (κ2) is 3.34. The van der Waals surface area contributed by atoms with Crippen LogP contribution in [0.1, 0.15) is 0 Å². The molecule has 1 aromatic heterocycles. The maximum Gasteiger partial charge on any atom is 0.244 e. The maximum atomic E-state index is 13.5. The zero-order valence-electron chi connectivity index (χ0n) is 7.09. The van der Waals surface area contributed by atoms with Crippen molar-refractivity contribution in [3.05, 3.63) is 23.9 Å². The quantitative estimate of drug-likeness (QED) is 0.757. The molecule has 1 heterocycles. The molecule has 6 heteroatoms. The first-order chi connectivity index (χ1) is 6.65. The Balaban J connectivity index is 2.87. The molecule has 0 unspecified atom stereocenters. The molecule has 0 atom stereocenters. The number of nitrogens with zero attached hydrogens (tertiary/aromatic N) is 2. The number of fused-ring (bicyclic) bond motifs is 1. The summed E-state index contributed by atoms with van der Waals surface area (Å²) in [7, 11) is 1.33. The van der Waals surface area contributed by atoms with Crippen LogP contribution in [0.15, 0.2) is 12.1 Å². The number of aromatic nitrogens is 2. The molecule has 2 aromatic rings.